The Balaban J connectivity index is 2.77. The van der Waals surface area contributed by atoms with Crippen LogP contribution in [-0.2, 0) is 4.74 Å². The third kappa shape index (κ3) is 3.81. The lowest BCUT2D eigenvalue weighted by atomic mass is 10.1. The summed E-state index contributed by atoms with van der Waals surface area (Å²) in [6, 6.07) is 8.74. The van der Waals surface area contributed by atoms with Gasteiger partial charge in [-0.25, -0.2) is 0 Å². The predicted octanol–water partition coefficient (Wildman–Crippen LogP) is 3.09. The fraction of sp³-hybridized carbons (Fsp3) is 0.538. The molecule has 0 heterocycles. The van der Waals surface area contributed by atoms with Gasteiger partial charge in [0.25, 0.3) is 0 Å². The Bertz CT molecular complexity index is 315. The van der Waals surface area contributed by atoms with E-state index in [-0.39, 0.29) is 12.1 Å². The van der Waals surface area contributed by atoms with Gasteiger partial charge in [-0.05, 0) is 38.8 Å². The molecule has 1 aromatic rings. The van der Waals surface area contributed by atoms with Crippen LogP contribution in [0.4, 0.5) is 0 Å². The largest absolute Gasteiger partial charge is 0.377 e. The smallest absolute Gasteiger partial charge is 0.0665 e. The Kier molecular flexibility index (Phi) is 5.88. The highest BCUT2D eigenvalue weighted by atomic mass is 32.2. The summed E-state index contributed by atoms with van der Waals surface area (Å²) in [4.78, 5) is 1.31. The van der Waals surface area contributed by atoms with Crippen molar-refractivity contribution in [3.63, 3.8) is 0 Å². The van der Waals surface area contributed by atoms with Crippen molar-refractivity contribution in [2.24, 2.45) is 0 Å². The van der Waals surface area contributed by atoms with Gasteiger partial charge in [-0.2, -0.15) is 0 Å². The number of likely N-dealkylation sites (N-methyl/N-ethyl adjacent to an activating group) is 1. The molecule has 0 saturated heterocycles. The van der Waals surface area contributed by atoms with Gasteiger partial charge in [0.1, 0.15) is 0 Å². The van der Waals surface area contributed by atoms with Crippen LogP contribution in [0.1, 0.15) is 25.5 Å². The van der Waals surface area contributed by atoms with E-state index in [0.717, 1.165) is 0 Å². The Morgan fingerprint density at radius 1 is 1.31 bits per heavy atom. The Morgan fingerprint density at radius 2 is 2.00 bits per heavy atom. The van der Waals surface area contributed by atoms with Crippen LogP contribution >= 0.6 is 11.8 Å². The molecular formula is C13H21NOS. The molecule has 0 fully saturated rings. The molecule has 1 atom stereocenters. The zero-order valence-corrected chi connectivity index (χ0v) is 11.3. The van der Waals surface area contributed by atoms with Crippen molar-refractivity contribution in [3.8, 4) is 0 Å². The Morgan fingerprint density at radius 3 is 2.56 bits per heavy atom. The van der Waals surface area contributed by atoms with Crippen LogP contribution in [-0.4, -0.2) is 26.0 Å². The lowest BCUT2D eigenvalue weighted by molar-refractivity contribution is 0.0621. The molecule has 0 amide bonds. The summed E-state index contributed by atoms with van der Waals surface area (Å²) in [7, 11) is 1.98. The lowest BCUT2D eigenvalue weighted by Gasteiger charge is -2.20. The summed E-state index contributed by atoms with van der Waals surface area (Å²) in [5.74, 6) is 0. The second kappa shape index (κ2) is 6.94. The fourth-order valence-electron chi connectivity index (χ4n) is 1.57. The van der Waals surface area contributed by atoms with Crippen molar-refractivity contribution in [1.82, 2.24) is 5.32 Å². The minimum atomic E-state index is 0.269. The maximum atomic E-state index is 5.68. The average molecular weight is 239 g/mol. The highest BCUT2D eigenvalue weighted by Crippen LogP contribution is 2.25. The number of nitrogens with one attached hydrogen (secondary N) is 1. The van der Waals surface area contributed by atoms with Crippen molar-refractivity contribution < 1.29 is 4.74 Å². The minimum Gasteiger partial charge on any atom is -0.377 e. The standard InChI is InChI=1S/C13H21NOS/c1-10(2)15-9-12(14-3)11-7-5-6-8-13(11)16-4/h5-8,10,12,14H,9H2,1-4H3. The lowest BCUT2D eigenvalue weighted by Crippen LogP contribution is -2.24. The van der Waals surface area contributed by atoms with Crippen LogP contribution in [0, 0.1) is 0 Å². The van der Waals surface area contributed by atoms with Crippen LogP contribution in [0.25, 0.3) is 0 Å². The quantitative estimate of drug-likeness (QED) is 0.771. The number of hydrogen-bond acceptors (Lipinski definition) is 3. The highest BCUT2D eigenvalue weighted by molar-refractivity contribution is 7.98. The van der Waals surface area contributed by atoms with Gasteiger partial charge in [-0.3, -0.25) is 0 Å². The van der Waals surface area contributed by atoms with E-state index >= 15 is 0 Å². The molecule has 1 unspecified atom stereocenters. The van der Waals surface area contributed by atoms with Crippen molar-refractivity contribution in [2.75, 3.05) is 19.9 Å². The van der Waals surface area contributed by atoms with Crippen LogP contribution in [0.5, 0.6) is 0 Å². The van der Waals surface area contributed by atoms with Gasteiger partial charge in [0.05, 0.1) is 18.8 Å². The number of ether oxygens (including phenoxy) is 1. The van der Waals surface area contributed by atoms with Crippen molar-refractivity contribution in [1.29, 1.82) is 0 Å². The summed E-state index contributed by atoms with van der Waals surface area (Å²) in [5.41, 5.74) is 1.32. The zero-order valence-electron chi connectivity index (χ0n) is 10.5. The second-order valence-electron chi connectivity index (χ2n) is 3.97. The van der Waals surface area contributed by atoms with Gasteiger partial charge in [0.2, 0.25) is 0 Å². The molecule has 1 aromatic carbocycles. The molecule has 3 heteroatoms. The maximum Gasteiger partial charge on any atom is 0.0665 e. The number of benzene rings is 1. The van der Waals surface area contributed by atoms with Crippen LogP contribution in [0.2, 0.25) is 0 Å². The monoisotopic (exact) mass is 239 g/mol. The predicted molar refractivity (Wildman–Crippen MR) is 71.1 cm³/mol. The zero-order chi connectivity index (χ0) is 12.0. The van der Waals surface area contributed by atoms with E-state index in [1.54, 1.807) is 11.8 Å². The molecule has 2 nitrogen and oxygen atoms in total. The van der Waals surface area contributed by atoms with Crippen LogP contribution in [0.15, 0.2) is 29.2 Å². The van der Waals surface area contributed by atoms with Crippen molar-refractivity contribution in [2.45, 2.75) is 30.9 Å². The first kappa shape index (κ1) is 13.6. The molecule has 0 aliphatic heterocycles. The summed E-state index contributed by atoms with van der Waals surface area (Å²) in [6.45, 7) is 4.84. The molecule has 1 rings (SSSR count). The second-order valence-corrected chi connectivity index (χ2v) is 4.81. The Hall–Kier alpha value is -0.510. The van der Waals surface area contributed by atoms with Gasteiger partial charge in [0.15, 0.2) is 0 Å². The molecule has 0 bridgehead atoms. The number of hydrogen-bond donors (Lipinski definition) is 1. The van der Waals surface area contributed by atoms with E-state index in [9.17, 15) is 0 Å². The molecule has 0 saturated carbocycles. The fourth-order valence-corrected chi connectivity index (χ4v) is 2.23. The highest BCUT2D eigenvalue weighted by Gasteiger charge is 2.13. The van der Waals surface area contributed by atoms with Gasteiger partial charge >= 0.3 is 0 Å². The number of rotatable bonds is 6. The van der Waals surface area contributed by atoms with Crippen LogP contribution < -0.4 is 5.32 Å². The molecule has 0 aliphatic carbocycles. The SMILES string of the molecule is CNC(COC(C)C)c1ccccc1SC. The average Bonchev–Trinajstić information content (AvgIpc) is 2.30. The van der Waals surface area contributed by atoms with Gasteiger partial charge in [-0.1, -0.05) is 18.2 Å². The third-order valence-electron chi connectivity index (χ3n) is 2.46. The maximum absolute atomic E-state index is 5.68. The molecule has 90 valence electrons. The van der Waals surface area contributed by atoms with E-state index in [1.807, 2.05) is 7.05 Å². The van der Waals surface area contributed by atoms with Crippen molar-refractivity contribution >= 4 is 11.8 Å². The first-order chi connectivity index (χ1) is 7.69. The molecule has 0 aliphatic rings. The van der Waals surface area contributed by atoms with E-state index < -0.39 is 0 Å². The third-order valence-corrected chi connectivity index (χ3v) is 3.27. The molecule has 0 aromatic heterocycles. The first-order valence-electron chi connectivity index (χ1n) is 5.60. The van der Waals surface area contributed by atoms with E-state index in [2.05, 4.69) is 49.7 Å². The topological polar surface area (TPSA) is 21.3 Å². The summed E-state index contributed by atoms with van der Waals surface area (Å²) in [5, 5.41) is 3.31. The van der Waals surface area contributed by atoms with Crippen LogP contribution in [0.3, 0.4) is 0 Å². The molecular weight excluding hydrogens is 218 g/mol. The summed E-state index contributed by atoms with van der Waals surface area (Å²) < 4.78 is 5.68. The van der Waals surface area contributed by atoms with E-state index in [0.29, 0.717) is 6.61 Å². The number of thioether (sulfide) groups is 1. The normalized spacial score (nSPS) is 13.1. The molecule has 0 radical (unpaired) electrons. The van der Waals surface area contributed by atoms with E-state index in [1.165, 1.54) is 10.5 Å². The minimum absolute atomic E-state index is 0.269. The molecule has 0 spiro atoms. The van der Waals surface area contributed by atoms with Gasteiger partial charge in [-0.15, -0.1) is 11.8 Å². The summed E-state index contributed by atoms with van der Waals surface area (Å²) in [6.07, 6.45) is 2.38. The van der Waals surface area contributed by atoms with Crippen molar-refractivity contribution in [3.05, 3.63) is 29.8 Å². The molecule has 16 heavy (non-hydrogen) atoms. The molecule has 1 N–H and O–H groups in total. The van der Waals surface area contributed by atoms with E-state index in [4.69, 9.17) is 4.74 Å². The van der Waals surface area contributed by atoms with Gasteiger partial charge in [0, 0.05) is 4.90 Å². The first-order valence-corrected chi connectivity index (χ1v) is 6.83. The Labute approximate surface area is 103 Å². The van der Waals surface area contributed by atoms with Gasteiger partial charge < -0.3 is 10.1 Å². The summed E-state index contributed by atoms with van der Waals surface area (Å²) >= 11 is 1.78.